The second kappa shape index (κ2) is 5.63. The molecule has 1 unspecified atom stereocenters. The predicted octanol–water partition coefficient (Wildman–Crippen LogP) is 3.35. The molecule has 2 nitrogen and oxygen atoms in total. The fourth-order valence-electron chi connectivity index (χ4n) is 2.35. The summed E-state index contributed by atoms with van der Waals surface area (Å²) in [5, 5.41) is 0. The molecule has 5 heteroatoms. The zero-order valence-electron chi connectivity index (χ0n) is 9.50. The van der Waals surface area contributed by atoms with Gasteiger partial charge in [0.2, 0.25) is 0 Å². The molecule has 0 spiro atoms. The number of nitrogens with zero attached hydrogens (tertiary/aromatic N) is 2. The lowest BCUT2D eigenvalue weighted by atomic mass is 10.1. The Morgan fingerprint density at radius 3 is 3.00 bits per heavy atom. The zero-order valence-corrected chi connectivity index (χ0v) is 10.3. The van der Waals surface area contributed by atoms with E-state index in [2.05, 4.69) is 4.98 Å². The molecule has 94 valence electrons. The maximum Gasteiger partial charge on any atom is 0.168 e. The predicted molar refractivity (Wildman–Crippen MR) is 64.5 cm³/mol. The number of alkyl halides is 1. The molecule has 0 aliphatic carbocycles. The SMILES string of the molecule is Fc1cnc(N2CCCC2CCCCl)c(F)c1. The molecule has 1 aromatic rings. The van der Waals surface area contributed by atoms with Gasteiger partial charge in [-0.3, -0.25) is 0 Å². The minimum absolute atomic E-state index is 0.267. The maximum atomic E-state index is 13.6. The maximum absolute atomic E-state index is 13.6. The molecule has 1 fully saturated rings. The minimum atomic E-state index is -0.636. The largest absolute Gasteiger partial charge is 0.351 e. The van der Waals surface area contributed by atoms with E-state index in [0.29, 0.717) is 5.88 Å². The Labute approximate surface area is 105 Å². The molecule has 1 aromatic heterocycles. The average Bonchev–Trinajstić information content (AvgIpc) is 2.74. The molecule has 0 saturated carbocycles. The van der Waals surface area contributed by atoms with E-state index >= 15 is 0 Å². The van der Waals surface area contributed by atoms with Crippen molar-refractivity contribution in [3.05, 3.63) is 23.9 Å². The Morgan fingerprint density at radius 2 is 2.29 bits per heavy atom. The fourth-order valence-corrected chi connectivity index (χ4v) is 2.50. The van der Waals surface area contributed by atoms with Gasteiger partial charge in [-0.1, -0.05) is 0 Å². The summed E-state index contributed by atoms with van der Waals surface area (Å²) in [6, 6.07) is 1.17. The van der Waals surface area contributed by atoms with Gasteiger partial charge in [0.05, 0.1) is 6.20 Å². The van der Waals surface area contributed by atoms with E-state index in [-0.39, 0.29) is 11.9 Å². The van der Waals surface area contributed by atoms with Crippen LogP contribution in [0.2, 0.25) is 0 Å². The Morgan fingerprint density at radius 1 is 1.47 bits per heavy atom. The van der Waals surface area contributed by atoms with Crippen molar-refractivity contribution in [2.45, 2.75) is 31.7 Å². The Balaban J connectivity index is 2.14. The number of hydrogen-bond donors (Lipinski definition) is 0. The van der Waals surface area contributed by atoms with Gasteiger partial charge in [-0.05, 0) is 25.7 Å². The van der Waals surface area contributed by atoms with Gasteiger partial charge in [-0.25, -0.2) is 13.8 Å². The van der Waals surface area contributed by atoms with Crippen molar-refractivity contribution in [1.82, 2.24) is 4.98 Å². The van der Waals surface area contributed by atoms with Gasteiger partial charge in [0.1, 0.15) is 5.82 Å². The summed E-state index contributed by atoms with van der Waals surface area (Å²) >= 11 is 5.67. The van der Waals surface area contributed by atoms with Crippen molar-refractivity contribution < 1.29 is 8.78 Å². The van der Waals surface area contributed by atoms with Crippen LogP contribution in [0.5, 0.6) is 0 Å². The second-order valence-electron chi connectivity index (χ2n) is 4.28. The number of rotatable bonds is 4. The summed E-state index contributed by atoms with van der Waals surface area (Å²) in [5.41, 5.74) is 0. The monoisotopic (exact) mass is 260 g/mol. The van der Waals surface area contributed by atoms with Gasteiger partial charge < -0.3 is 4.90 Å². The second-order valence-corrected chi connectivity index (χ2v) is 4.66. The summed E-state index contributed by atoms with van der Waals surface area (Å²) in [6.07, 6.45) is 4.95. The van der Waals surface area contributed by atoms with Crippen molar-refractivity contribution >= 4 is 17.4 Å². The Kier molecular flexibility index (Phi) is 4.15. The lowest BCUT2D eigenvalue weighted by Gasteiger charge is -2.25. The van der Waals surface area contributed by atoms with E-state index in [4.69, 9.17) is 11.6 Å². The first-order valence-electron chi connectivity index (χ1n) is 5.86. The third-order valence-corrected chi connectivity index (χ3v) is 3.38. The van der Waals surface area contributed by atoms with E-state index in [9.17, 15) is 8.78 Å². The van der Waals surface area contributed by atoms with Crippen molar-refractivity contribution in [3.8, 4) is 0 Å². The number of hydrogen-bond acceptors (Lipinski definition) is 2. The van der Waals surface area contributed by atoms with Crippen LogP contribution >= 0.6 is 11.6 Å². The van der Waals surface area contributed by atoms with Crippen LogP contribution in [0.4, 0.5) is 14.6 Å². The van der Waals surface area contributed by atoms with E-state index in [1.807, 2.05) is 4.90 Å². The van der Waals surface area contributed by atoms with E-state index < -0.39 is 11.6 Å². The highest BCUT2D eigenvalue weighted by molar-refractivity contribution is 6.17. The van der Waals surface area contributed by atoms with Gasteiger partial charge in [0.15, 0.2) is 11.6 Å². The van der Waals surface area contributed by atoms with Crippen LogP contribution in [-0.2, 0) is 0 Å². The quantitative estimate of drug-likeness (QED) is 0.772. The molecule has 1 saturated heterocycles. The van der Waals surface area contributed by atoms with Crippen molar-refractivity contribution in [2.24, 2.45) is 0 Å². The van der Waals surface area contributed by atoms with E-state index in [1.165, 1.54) is 0 Å². The molecular weight excluding hydrogens is 246 g/mol. The van der Waals surface area contributed by atoms with Crippen LogP contribution in [0.1, 0.15) is 25.7 Å². The molecule has 0 radical (unpaired) electrons. The molecule has 17 heavy (non-hydrogen) atoms. The summed E-state index contributed by atoms with van der Waals surface area (Å²) in [5.74, 6) is -0.335. The van der Waals surface area contributed by atoms with Crippen LogP contribution in [0.15, 0.2) is 12.3 Å². The van der Waals surface area contributed by atoms with Gasteiger partial charge in [0, 0.05) is 24.5 Å². The Bertz CT molecular complexity index is 387. The molecule has 0 aromatic carbocycles. The normalized spacial score (nSPS) is 19.9. The standard InChI is InChI=1S/C12H15ClF2N2/c13-5-1-3-10-4-2-6-17(10)12-11(15)7-9(14)8-16-12/h7-8,10H,1-6H2. The Hall–Kier alpha value is -0.900. The summed E-state index contributed by atoms with van der Waals surface area (Å²) in [6.45, 7) is 0.780. The number of aromatic nitrogens is 1. The van der Waals surface area contributed by atoms with Gasteiger partial charge >= 0.3 is 0 Å². The van der Waals surface area contributed by atoms with Gasteiger partial charge in [-0.15, -0.1) is 11.6 Å². The topological polar surface area (TPSA) is 16.1 Å². The average molecular weight is 261 g/mol. The molecule has 1 aliphatic rings. The van der Waals surface area contributed by atoms with E-state index in [0.717, 1.165) is 44.5 Å². The molecule has 1 atom stereocenters. The van der Waals surface area contributed by atoms with Crippen molar-refractivity contribution in [1.29, 1.82) is 0 Å². The number of halogens is 3. The zero-order chi connectivity index (χ0) is 12.3. The third-order valence-electron chi connectivity index (χ3n) is 3.11. The highest BCUT2D eigenvalue weighted by Gasteiger charge is 2.27. The van der Waals surface area contributed by atoms with Gasteiger partial charge in [-0.2, -0.15) is 0 Å². The van der Waals surface area contributed by atoms with Crippen molar-refractivity contribution in [2.75, 3.05) is 17.3 Å². The van der Waals surface area contributed by atoms with Crippen LogP contribution < -0.4 is 4.90 Å². The summed E-state index contributed by atoms with van der Waals surface area (Å²) < 4.78 is 26.4. The molecule has 2 rings (SSSR count). The molecule has 1 aliphatic heterocycles. The van der Waals surface area contributed by atoms with E-state index in [1.54, 1.807) is 0 Å². The first kappa shape index (κ1) is 12.6. The van der Waals surface area contributed by atoms with Gasteiger partial charge in [0.25, 0.3) is 0 Å². The highest BCUT2D eigenvalue weighted by atomic mass is 35.5. The number of pyridine rings is 1. The van der Waals surface area contributed by atoms with Crippen LogP contribution in [0, 0.1) is 11.6 Å². The third kappa shape index (κ3) is 2.86. The fraction of sp³-hybridized carbons (Fsp3) is 0.583. The summed E-state index contributed by atoms with van der Waals surface area (Å²) in [4.78, 5) is 5.79. The summed E-state index contributed by atoms with van der Waals surface area (Å²) in [7, 11) is 0. The number of anilines is 1. The smallest absolute Gasteiger partial charge is 0.168 e. The lowest BCUT2D eigenvalue weighted by molar-refractivity contribution is 0.550. The van der Waals surface area contributed by atoms with Crippen molar-refractivity contribution in [3.63, 3.8) is 0 Å². The first-order valence-corrected chi connectivity index (χ1v) is 6.39. The minimum Gasteiger partial charge on any atom is -0.351 e. The first-order chi connectivity index (χ1) is 8.22. The molecule has 2 heterocycles. The highest BCUT2D eigenvalue weighted by Crippen LogP contribution is 2.28. The van der Waals surface area contributed by atoms with Crippen LogP contribution in [0.25, 0.3) is 0 Å². The molecule has 0 bridgehead atoms. The molecule has 0 amide bonds. The van der Waals surface area contributed by atoms with Crippen LogP contribution in [-0.4, -0.2) is 23.5 Å². The molecule has 0 N–H and O–H groups in total. The molecular formula is C12H15ClF2N2. The van der Waals surface area contributed by atoms with Crippen LogP contribution in [0.3, 0.4) is 0 Å². The lowest BCUT2D eigenvalue weighted by Crippen LogP contribution is -2.30.